The number of methoxy groups -OCH3 is 3. The average molecular weight is 369 g/mol. The van der Waals surface area contributed by atoms with Crippen LogP contribution in [0.15, 0.2) is 28.3 Å². The van der Waals surface area contributed by atoms with Gasteiger partial charge < -0.3 is 14.2 Å². The topological polar surface area (TPSA) is 44.8 Å². The number of allylic oxidation sites excluding steroid dienone is 2. The molecule has 0 spiro atoms. The lowest BCUT2D eigenvalue weighted by atomic mass is 9.76. The first-order chi connectivity index (χ1) is 10.5. The van der Waals surface area contributed by atoms with Gasteiger partial charge in [0.1, 0.15) is 11.5 Å². The zero-order chi connectivity index (χ0) is 16.3. The highest BCUT2D eigenvalue weighted by atomic mass is 79.9. The van der Waals surface area contributed by atoms with E-state index in [4.69, 9.17) is 14.2 Å². The zero-order valence-electron chi connectivity index (χ0n) is 13.3. The third kappa shape index (κ3) is 3.29. The van der Waals surface area contributed by atoms with Gasteiger partial charge in [-0.25, -0.2) is 0 Å². The van der Waals surface area contributed by atoms with Gasteiger partial charge in [0.15, 0.2) is 0 Å². The summed E-state index contributed by atoms with van der Waals surface area (Å²) in [5.41, 5.74) is 2.15. The van der Waals surface area contributed by atoms with Crippen LogP contribution >= 0.6 is 15.9 Å². The van der Waals surface area contributed by atoms with E-state index >= 15 is 0 Å². The van der Waals surface area contributed by atoms with Crippen LogP contribution in [0, 0.1) is 5.92 Å². The van der Waals surface area contributed by atoms with Gasteiger partial charge in [0.25, 0.3) is 0 Å². The standard InChI is InChI=1S/C17H21BrO4/c1-10-5-6-12(17(19)22-4)13(7-10)16-14(20-2)8-11(18)9-15(16)21-3/h7-9,12-13H,5-6H2,1-4H3/t12-,13-/m1/s1. The van der Waals surface area contributed by atoms with Crippen LogP contribution in [0.4, 0.5) is 0 Å². The minimum absolute atomic E-state index is 0.112. The highest BCUT2D eigenvalue weighted by Gasteiger charge is 2.35. The largest absolute Gasteiger partial charge is 0.496 e. The molecule has 0 bridgehead atoms. The number of rotatable bonds is 4. The van der Waals surface area contributed by atoms with Crippen LogP contribution in [-0.4, -0.2) is 27.3 Å². The van der Waals surface area contributed by atoms with Crippen molar-refractivity contribution in [2.45, 2.75) is 25.7 Å². The van der Waals surface area contributed by atoms with E-state index in [-0.39, 0.29) is 17.8 Å². The number of hydrogen-bond donors (Lipinski definition) is 0. The van der Waals surface area contributed by atoms with Crippen molar-refractivity contribution in [3.8, 4) is 11.5 Å². The predicted octanol–water partition coefficient (Wildman–Crippen LogP) is 4.08. The van der Waals surface area contributed by atoms with E-state index in [0.717, 1.165) is 22.9 Å². The minimum Gasteiger partial charge on any atom is -0.496 e. The van der Waals surface area contributed by atoms with Gasteiger partial charge in [0.2, 0.25) is 0 Å². The summed E-state index contributed by atoms with van der Waals surface area (Å²) < 4.78 is 16.9. The molecule has 1 aliphatic carbocycles. The third-order valence-corrected chi connectivity index (χ3v) is 4.55. The fourth-order valence-corrected chi connectivity index (χ4v) is 3.42. The lowest BCUT2D eigenvalue weighted by Crippen LogP contribution is -2.26. The molecule has 0 saturated carbocycles. The lowest BCUT2D eigenvalue weighted by molar-refractivity contribution is -0.146. The van der Waals surface area contributed by atoms with Crippen molar-refractivity contribution in [3.05, 3.63) is 33.8 Å². The molecule has 0 aliphatic heterocycles. The van der Waals surface area contributed by atoms with Crippen LogP contribution in [-0.2, 0) is 9.53 Å². The molecule has 22 heavy (non-hydrogen) atoms. The Balaban J connectivity index is 2.59. The number of ether oxygens (including phenoxy) is 3. The van der Waals surface area contributed by atoms with E-state index in [1.165, 1.54) is 12.7 Å². The van der Waals surface area contributed by atoms with Gasteiger partial charge in [0.05, 0.1) is 27.2 Å². The molecule has 0 fully saturated rings. The predicted molar refractivity (Wildman–Crippen MR) is 88.5 cm³/mol. The molecule has 0 saturated heterocycles. The van der Waals surface area contributed by atoms with Crippen molar-refractivity contribution in [3.63, 3.8) is 0 Å². The molecular weight excluding hydrogens is 348 g/mol. The van der Waals surface area contributed by atoms with Gasteiger partial charge in [-0.1, -0.05) is 27.6 Å². The van der Waals surface area contributed by atoms with E-state index in [1.54, 1.807) is 14.2 Å². The molecule has 0 aromatic heterocycles. The summed E-state index contributed by atoms with van der Waals surface area (Å²) in [5, 5.41) is 0. The molecule has 0 radical (unpaired) electrons. The Morgan fingerprint density at radius 1 is 1.18 bits per heavy atom. The SMILES string of the molecule is COC(=O)[C@@H]1CCC(C)=C[C@H]1c1c(OC)cc(Br)cc1OC. The number of carbonyl (C=O) groups is 1. The summed E-state index contributed by atoms with van der Waals surface area (Å²) in [6.45, 7) is 2.08. The second-order valence-corrected chi connectivity index (χ2v) is 6.35. The van der Waals surface area contributed by atoms with E-state index in [2.05, 4.69) is 28.9 Å². The molecule has 1 aliphatic rings. The third-order valence-electron chi connectivity index (χ3n) is 4.09. The summed E-state index contributed by atoms with van der Waals surface area (Å²) >= 11 is 3.46. The zero-order valence-corrected chi connectivity index (χ0v) is 14.9. The van der Waals surface area contributed by atoms with Crippen LogP contribution in [0.1, 0.15) is 31.2 Å². The number of halogens is 1. The highest BCUT2D eigenvalue weighted by molar-refractivity contribution is 9.10. The van der Waals surface area contributed by atoms with Gasteiger partial charge in [-0.3, -0.25) is 4.79 Å². The van der Waals surface area contributed by atoms with Crippen LogP contribution in [0.5, 0.6) is 11.5 Å². The quantitative estimate of drug-likeness (QED) is 0.593. The van der Waals surface area contributed by atoms with Gasteiger partial charge >= 0.3 is 5.97 Å². The van der Waals surface area contributed by atoms with Crippen LogP contribution in [0.2, 0.25) is 0 Å². The van der Waals surface area contributed by atoms with Crippen LogP contribution in [0.3, 0.4) is 0 Å². The number of benzene rings is 1. The first kappa shape index (κ1) is 16.9. The Morgan fingerprint density at radius 3 is 2.27 bits per heavy atom. The number of esters is 1. The Hall–Kier alpha value is -1.49. The Labute approximate surface area is 139 Å². The molecule has 0 amide bonds. The Morgan fingerprint density at radius 2 is 1.77 bits per heavy atom. The molecule has 0 N–H and O–H groups in total. The smallest absolute Gasteiger partial charge is 0.309 e. The monoisotopic (exact) mass is 368 g/mol. The molecule has 2 atom stereocenters. The van der Waals surface area contributed by atoms with Gasteiger partial charge in [-0.15, -0.1) is 0 Å². The maximum absolute atomic E-state index is 12.2. The summed E-state index contributed by atoms with van der Waals surface area (Å²) in [4.78, 5) is 12.2. The van der Waals surface area contributed by atoms with Gasteiger partial charge in [-0.05, 0) is 31.9 Å². The van der Waals surface area contributed by atoms with Gasteiger partial charge in [-0.2, -0.15) is 0 Å². The molecule has 4 nitrogen and oxygen atoms in total. The van der Waals surface area contributed by atoms with Crippen molar-refractivity contribution < 1.29 is 19.0 Å². The van der Waals surface area contributed by atoms with E-state index in [0.29, 0.717) is 11.5 Å². The summed E-state index contributed by atoms with van der Waals surface area (Å²) in [5.74, 6) is 0.879. The van der Waals surface area contributed by atoms with Crippen molar-refractivity contribution in [2.24, 2.45) is 5.92 Å². The van der Waals surface area contributed by atoms with Crippen LogP contribution < -0.4 is 9.47 Å². The Bertz CT molecular complexity index is 569. The fourth-order valence-electron chi connectivity index (χ4n) is 3.00. The van der Waals surface area contributed by atoms with Crippen molar-refractivity contribution in [2.75, 3.05) is 21.3 Å². The highest BCUT2D eigenvalue weighted by Crippen LogP contribution is 2.46. The molecule has 1 aromatic rings. The lowest BCUT2D eigenvalue weighted by Gasteiger charge is -2.30. The molecule has 120 valence electrons. The van der Waals surface area contributed by atoms with Crippen molar-refractivity contribution in [1.29, 1.82) is 0 Å². The van der Waals surface area contributed by atoms with E-state index in [1.807, 2.05) is 12.1 Å². The van der Waals surface area contributed by atoms with Crippen molar-refractivity contribution >= 4 is 21.9 Å². The second kappa shape index (κ2) is 7.18. The number of carbonyl (C=O) groups excluding carboxylic acids is 1. The molecule has 0 heterocycles. The fraction of sp³-hybridized carbons (Fsp3) is 0.471. The maximum atomic E-state index is 12.2. The molecule has 2 rings (SSSR count). The summed E-state index contributed by atoms with van der Waals surface area (Å²) in [7, 11) is 4.68. The van der Waals surface area contributed by atoms with Crippen LogP contribution in [0.25, 0.3) is 0 Å². The summed E-state index contributed by atoms with van der Waals surface area (Å²) in [6, 6.07) is 3.79. The van der Waals surface area contributed by atoms with Gasteiger partial charge in [0, 0.05) is 16.0 Å². The first-order valence-corrected chi connectivity index (χ1v) is 7.97. The van der Waals surface area contributed by atoms with E-state index in [9.17, 15) is 4.79 Å². The maximum Gasteiger partial charge on any atom is 0.309 e. The average Bonchev–Trinajstić information content (AvgIpc) is 2.52. The Kier molecular flexibility index (Phi) is 5.51. The second-order valence-electron chi connectivity index (χ2n) is 5.43. The molecular formula is C17H21BrO4. The first-order valence-electron chi connectivity index (χ1n) is 7.18. The van der Waals surface area contributed by atoms with Crippen molar-refractivity contribution in [1.82, 2.24) is 0 Å². The van der Waals surface area contributed by atoms with E-state index < -0.39 is 0 Å². The normalized spacial score (nSPS) is 21.0. The molecule has 1 aromatic carbocycles. The molecule has 5 heteroatoms. The summed E-state index contributed by atoms with van der Waals surface area (Å²) in [6.07, 6.45) is 3.79. The minimum atomic E-state index is -0.224. The number of hydrogen-bond acceptors (Lipinski definition) is 4. The molecule has 0 unspecified atom stereocenters.